The van der Waals surface area contributed by atoms with Crippen LogP contribution >= 0.6 is 0 Å². The molecule has 0 bridgehead atoms. The van der Waals surface area contributed by atoms with Crippen LogP contribution in [0.25, 0.3) is 0 Å². The van der Waals surface area contributed by atoms with E-state index in [0.29, 0.717) is 79.2 Å². The predicted molar refractivity (Wildman–Crippen MR) is 115 cm³/mol. The van der Waals surface area contributed by atoms with Crippen molar-refractivity contribution in [1.29, 1.82) is 0 Å². The molecule has 0 aliphatic heterocycles. The van der Waals surface area contributed by atoms with Crippen molar-refractivity contribution in [2.24, 2.45) is 0 Å². The Kier molecular flexibility index (Phi) is 20.0. The number of carbonyl (C=O) groups is 2. The fraction of sp³-hybridized carbons (Fsp3) is 0.895. The number of hydrogen-bond donors (Lipinski definition) is 2. The third-order valence-corrected chi connectivity index (χ3v) is 4.35. The lowest BCUT2D eigenvalue weighted by molar-refractivity contribution is -0.143. The number of nitrogens with one attached hydrogen (secondary N) is 1. The number of rotatable bonds is 23. The minimum Gasteiger partial charge on any atom is -0.480 e. The molecule has 0 saturated carbocycles. The molecule has 0 rings (SSSR count). The SMILES string of the molecule is C[Si](C)(C)OCCOCCOCCOCCOCCOCCNC(=O)COCC(=O)O. The van der Waals surface area contributed by atoms with E-state index in [1.54, 1.807) is 0 Å². The van der Waals surface area contributed by atoms with Crippen LogP contribution in [0.1, 0.15) is 0 Å². The molecular formula is C19H39NO10Si. The van der Waals surface area contributed by atoms with E-state index in [-0.39, 0.29) is 12.5 Å². The van der Waals surface area contributed by atoms with Gasteiger partial charge in [0.15, 0.2) is 8.32 Å². The molecule has 0 heterocycles. The van der Waals surface area contributed by atoms with Crippen molar-refractivity contribution in [3.8, 4) is 0 Å². The minimum atomic E-state index is -1.45. The largest absolute Gasteiger partial charge is 0.480 e. The molecule has 0 aromatic heterocycles. The number of carbonyl (C=O) groups excluding carboxylic acids is 1. The van der Waals surface area contributed by atoms with Crippen LogP contribution in [0.3, 0.4) is 0 Å². The van der Waals surface area contributed by atoms with Gasteiger partial charge in [-0.15, -0.1) is 0 Å². The Morgan fingerprint density at radius 3 is 1.48 bits per heavy atom. The van der Waals surface area contributed by atoms with Gasteiger partial charge in [-0.25, -0.2) is 4.79 Å². The first-order valence-electron chi connectivity index (χ1n) is 10.4. The molecule has 1 amide bonds. The zero-order valence-corrected chi connectivity index (χ0v) is 20.0. The van der Waals surface area contributed by atoms with Crippen LogP contribution < -0.4 is 5.32 Å². The first-order chi connectivity index (χ1) is 14.8. The molecule has 0 unspecified atom stereocenters. The van der Waals surface area contributed by atoms with Crippen LogP contribution in [0.2, 0.25) is 19.6 Å². The van der Waals surface area contributed by atoms with Crippen molar-refractivity contribution in [2.75, 3.05) is 92.4 Å². The average molecular weight is 470 g/mol. The van der Waals surface area contributed by atoms with Crippen molar-refractivity contribution in [3.05, 3.63) is 0 Å². The maximum Gasteiger partial charge on any atom is 0.329 e. The first-order valence-corrected chi connectivity index (χ1v) is 13.8. The molecule has 0 aliphatic carbocycles. The number of carboxylic acid groups (broad SMARTS) is 1. The van der Waals surface area contributed by atoms with Gasteiger partial charge in [-0.3, -0.25) is 4.79 Å². The molecule has 0 atom stereocenters. The highest BCUT2D eigenvalue weighted by molar-refractivity contribution is 6.69. The summed E-state index contributed by atoms with van der Waals surface area (Å²) in [7, 11) is -1.45. The van der Waals surface area contributed by atoms with Gasteiger partial charge in [0.2, 0.25) is 5.91 Å². The van der Waals surface area contributed by atoms with Crippen molar-refractivity contribution in [1.82, 2.24) is 5.32 Å². The molecule has 0 saturated heterocycles. The number of ether oxygens (including phenoxy) is 6. The second-order valence-corrected chi connectivity index (χ2v) is 11.8. The molecule has 11 nitrogen and oxygen atoms in total. The Morgan fingerprint density at radius 2 is 1.06 bits per heavy atom. The van der Waals surface area contributed by atoms with Crippen LogP contribution in [0.15, 0.2) is 0 Å². The minimum absolute atomic E-state index is 0.289. The fourth-order valence-corrected chi connectivity index (χ4v) is 2.63. The maximum atomic E-state index is 11.3. The molecule has 184 valence electrons. The molecule has 0 spiro atoms. The zero-order chi connectivity index (χ0) is 23.2. The molecule has 2 N–H and O–H groups in total. The van der Waals surface area contributed by atoms with Crippen molar-refractivity contribution in [2.45, 2.75) is 19.6 Å². The van der Waals surface area contributed by atoms with E-state index < -0.39 is 20.9 Å². The Balaban J connectivity index is 3.14. The standard InChI is InChI=1S/C19H39NO10Si/c1-31(2,3)30-15-14-28-13-12-27-11-10-26-9-8-25-7-6-24-5-4-20-18(21)16-29-17-19(22)23/h4-17H2,1-3H3,(H,20,21)(H,22,23). The third-order valence-electron chi connectivity index (χ3n) is 3.28. The molecule has 12 heteroatoms. The predicted octanol–water partition coefficient (Wildman–Crippen LogP) is 0.138. The molecule has 0 aromatic carbocycles. The summed E-state index contributed by atoms with van der Waals surface area (Å²) in [6.45, 7) is 11.3. The molecule has 31 heavy (non-hydrogen) atoms. The van der Waals surface area contributed by atoms with E-state index in [1.807, 2.05) is 0 Å². The lowest BCUT2D eigenvalue weighted by atomic mass is 10.6. The maximum absolute atomic E-state index is 11.3. The van der Waals surface area contributed by atoms with Crippen LogP contribution in [-0.4, -0.2) is 118 Å². The van der Waals surface area contributed by atoms with E-state index in [9.17, 15) is 9.59 Å². The van der Waals surface area contributed by atoms with E-state index in [4.69, 9.17) is 33.2 Å². The third kappa shape index (κ3) is 26.8. The van der Waals surface area contributed by atoms with Gasteiger partial charge in [0.05, 0.1) is 72.7 Å². The van der Waals surface area contributed by atoms with Crippen LogP contribution in [-0.2, 0) is 42.4 Å². The molecular weight excluding hydrogens is 430 g/mol. The summed E-state index contributed by atoms with van der Waals surface area (Å²) >= 11 is 0. The first kappa shape index (κ1) is 29.9. The molecule has 0 aromatic rings. The Labute approximate surface area is 185 Å². The second kappa shape index (κ2) is 20.8. The van der Waals surface area contributed by atoms with E-state index in [2.05, 4.69) is 29.7 Å². The van der Waals surface area contributed by atoms with Gasteiger partial charge in [0, 0.05) is 6.54 Å². The van der Waals surface area contributed by atoms with Gasteiger partial charge >= 0.3 is 5.97 Å². The van der Waals surface area contributed by atoms with E-state index >= 15 is 0 Å². The number of hydrogen-bond acceptors (Lipinski definition) is 9. The van der Waals surface area contributed by atoms with Crippen molar-refractivity contribution in [3.63, 3.8) is 0 Å². The Hall–Kier alpha value is -1.12. The van der Waals surface area contributed by atoms with E-state index in [1.165, 1.54) is 0 Å². The summed E-state index contributed by atoms with van der Waals surface area (Å²) in [6.07, 6.45) is 0. The van der Waals surface area contributed by atoms with Gasteiger partial charge < -0.3 is 43.3 Å². The molecule has 0 aliphatic rings. The fourth-order valence-electron chi connectivity index (χ4n) is 1.93. The Morgan fingerprint density at radius 1 is 0.645 bits per heavy atom. The van der Waals surface area contributed by atoms with Gasteiger partial charge in [-0.1, -0.05) is 0 Å². The highest BCUT2D eigenvalue weighted by atomic mass is 28.4. The smallest absolute Gasteiger partial charge is 0.329 e. The lowest BCUT2D eigenvalue weighted by Gasteiger charge is -2.16. The van der Waals surface area contributed by atoms with Crippen LogP contribution in [0.5, 0.6) is 0 Å². The second-order valence-electron chi connectivity index (χ2n) is 7.26. The van der Waals surface area contributed by atoms with Crippen molar-refractivity contribution < 1.29 is 47.5 Å². The summed E-state index contributed by atoms with van der Waals surface area (Å²) in [5, 5.41) is 10.9. The van der Waals surface area contributed by atoms with Gasteiger partial charge in [-0.05, 0) is 19.6 Å². The van der Waals surface area contributed by atoms with Gasteiger partial charge in [0.1, 0.15) is 13.2 Å². The van der Waals surface area contributed by atoms with Gasteiger partial charge in [0.25, 0.3) is 0 Å². The number of aliphatic carboxylic acids is 1. The highest BCUT2D eigenvalue weighted by Gasteiger charge is 2.13. The average Bonchev–Trinajstić information content (AvgIpc) is 2.68. The Bertz CT molecular complexity index is 448. The molecule has 0 radical (unpaired) electrons. The van der Waals surface area contributed by atoms with Gasteiger partial charge in [-0.2, -0.15) is 0 Å². The summed E-state index contributed by atoms with van der Waals surface area (Å²) < 4.78 is 37.2. The lowest BCUT2D eigenvalue weighted by Crippen LogP contribution is -2.31. The number of amides is 1. The summed E-state index contributed by atoms with van der Waals surface area (Å²) in [5.41, 5.74) is 0. The van der Waals surface area contributed by atoms with Crippen LogP contribution in [0, 0.1) is 0 Å². The summed E-state index contributed by atoms with van der Waals surface area (Å²) in [5.74, 6) is -1.50. The molecule has 0 fully saturated rings. The van der Waals surface area contributed by atoms with Crippen LogP contribution in [0.4, 0.5) is 0 Å². The highest BCUT2D eigenvalue weighted by Crippen LogP contribution is 2.01. The normalized spacial score (nSPS) is 11.6. The van der Waals surface area contributed by atoms with E-state index in [0.717, 1.165) is 0 Å². The summed E-state index contributed by atoms with van der Waals surface area (Å²) in [6, 6.07) is 0. The topological polar surface area (TPSA) is 131 Å². The quantitative estimate of drug-likeness (QED) is 0.157. The zero-order valence-electron chi connectivity index (χ0n) is 19.0. The summed E-state index contributed by atoms with van der Waals surface area (Å²) in [4.78, 5) is 21.5. The monoisotopic (exact) mass is 469 g/mol. The number of carboxylic acids is 1. The van der Waals surface area contributed by atoms with Crippen molar-refractivity contribution >= 4 is 20.2 Å².